The van der Waals surface area contributed by atoms with Gasteiger partial charge in [0.05, 0.1) is 30.8 Å². The molecule has 3 aliphatic rings. The third-order valence-electron chi connectivity index (χ3n) is 11.5. The summed E-state index contributed by atoms with van der Waals surface area (Å²) in [6.07, 6.45) is 8.18. The second-order valence-corrected chi connectivity index (χ2v) is 18.5. The number of nitrogens with one attached hydrogen (secondary N) is 3. The minimum absolute atomic E-state index is 0.0393. The van der Waals surface area contributed by atoms with Crippen molar-refractivity contribution < 1.29 is 42.9 Å². The summed E-state index contributed by atoms with van der Waals surface area (Å²) in [7, 11) is 1.58. The fraction of sp³-hybridized carbons (Fsp3) is 0.500. The highest BCUT2D eigenvalue weighted by Crippen LogP contribution is 2.47. The number of rotatable bonds is 15. The van der Waals surface area contributed by atoms with Gasteiger partial charge < -0.3 is 34.9 Å². The molecule has 13 nitrogen and oxygen atoms in total. The minimum Gasteiger partial charge on any atom is -0.497 e. The zero-order chi connectivity index (χ0) is 44.1. The molecule has 3 N–H and O–H groups in total. The lowest BCUT2D eigenvalue weighted by atomic mass is 9.85. The van der Waals surface area contributed by atoms with E-state index >= 15 is 0 Å². The van der Waals surface area contributed by atoms with Crippen molar-refractivity contribution in [1.29, 1.82) is 0 Å². The number of methoxy groups -OCH3 is 1. The number of hydrogen-bond acceptors (Lipinski definition) is 10. The highest BCUT2D eigenvalue weighted by atomic mass is 16.6. The van der Waals surface area contributed by atoms with Crippen LogP contribution in [0.25, 0.3) is 22.2 Å². The van der Waals surface area contributed by atoms with Crippen molar-refractivity contribution in [1.82, 2.24) is 20.9 Å². The predicted molar refractivity (Wildman–Crippen MR) is 231 cm³/mol. The fourth-order valence-corrected chi connectivity index (χ4v) is 8.07. The summed E-state index contributed by atoms with van der Waals surface area (Å²) in [5.41, 5.74) is -0.794. The monoisotopic (exact) mass is 836 g/mol. The van der Waals surface area contributed by atoms with Crippen LogP contribution in [0.3, 0.4) is 0 Å². The van der Waals surface area contributed by atoms with Gasteiger partial charge in [0, 0.05) is 41.0 Å². The molecule has 0 radical (unpaired) electrons. The molecule has 1 heterocycles. The Bertz CT molecular complexity index is 2170. The van der Waals surface area contributed by atoms with E-state index in [1.807, 2.05) is 48.5 Å². The van der Waals surface area contributed by atoms with Gasteiger partial charge in [0.2, 0.25) is 17.7 Å². The lowest BCUT2D eigenvalue weighted by molar-refractivity contribution is -0.160. The number of aromatic nitrogens is 1. The van der Waals surface area contributed by atoms with Gasteiger partial charge in [-0.15, -0.1) is 6.58 Å². The lowest BCUT2D eigenvalue weighted by Gasteiger charge is -2.31. The molecule has 0 bridgehead atoms. The number of ether oxygens (including phenoxy) is 4. The van der Waals surface area contributed by atoms with E-state index < -0.39 is 64.3 Å². The number of nitrogens with zero attached hydrogens (tertiary/aromatic N) is 1. The molecular formula is C48H60N4O9. The van der Waals surface area contributed by atoms with Crippen molar-refractivity contribution in [2.45, 2.75) is 110 Å². The molecule has 0 saturated heterocycles. The number of hydrogen-bond donors (Lipinski definition) is 3. The highest BCUT2D eigenvalue weighted by Gasteiger charge is 2.62. The Labute approximate surface area is 358 Å². The van der Waals surface area contributed by atoms with E-state index in [1.165, 1.54) is 6.42 Å². The molecule has 0 unspecified atom stereocenters. The van der Waals surface area contributed by atoms with E-state index in [9.17, 15) is 24.0 Å². The number of benzene rings is 2. The van der Waals surface area contributed by atoms with Crippen LogP contribution in [0, 0.1) is 23.2 Å². The fourth-order valence-electron chi connectivity index (χ4n) is 8.07. The van der Waals surface area contributed by atoms with Crippen molar-refractivity contribution in [3.05, 3.63) is 78.9 Å². The summed E-state index contributed by atoms with van der Waals surface area (Å²) in [5.74, 6) is -3.03. The van der Waals surface area contributed by atoms with Crippen molar-refractivity contribution in [3.63, 3.8) is 0 Å². The number of carbonyl (C=O) groups excluding carboxylic acids is 5. The van der Waals surface area contributed by atoms with E-state index in [2.05, 4.69) is 22.5 Å². The Balaban J connectivity index is 1.28. The largest absolute Gasteiger partial charge is 0.497 e. The topological polar surface area (TPSA) is 171 Å². The zero-order valence-corrected chi connectivity index (χ0v) is 36.4. The Morgan fingerprint density at radius 3 is 2.33 bits per heavy atom. The Morgan fingerprint density at radius 2 is 1.69 bits per heavy atom. The van der Waals surface area contributed by atoms with Crippen LogP contribution in [0.4, 0.5) is 0 Å². The van der Waals surface area contributed by atoms with Gasteiger partial charge in [0.1, 0.15) is 41.3 Å². The number of fused-ring (bicyclic) bond motifs is 1. The highest BCUT2D eigenvalue weighted by molar-refractivity contribution is 6.04. The van der Waals surface area contributed by atoms with Crippen molar-refractivity contribution in [2.24, 2.45) is 23.2 Å². The Morgan fingerprint density at radius 1 is 0.967 bits per heavy atom. The van der Waals surface area contributed by atoms with E-state index in [-0.39, 0.29) is 24.5 Å². The van der Waals surface area contributed by atoms with Gasteiger partial charge in [0.25, 0.3) is 0 Å². The van der Waals surface area contributed by atoms with Crippen LogP contribution in [-0.2, 0) is 33.4 Å². The normalized spacial score (nSPS) is 22.0. The average Bonchev–Trinajstić information content (AvgIpc) is 3.79. The summed E-state index contributed by atoms with van der Waals surface area (Å²) >= 11 is 0. The van der Waals surface area contributed by atoms with E-state index in [4.69, 9.17) is 23.9 Å². The van der Waals surface area contributed by atoms with Gasteiger partial charge in [0.15, 0.2) is 0 Å². The lowest BCUT2D eigenvalue weighted by Crippen LogP contribution is -2.55. The molecule has 61 heavy (non-hydrogen) atoms. The average molecular weight is 837 g/mol. The second-order valence-electron chi connectivity index (χ2n) is 18.5. The van der Waals surface area contributed by atoms with Gasteiger partial charge in [-0.1, -0.05) is 76.4 Å². The van der Waals surface area contributed by atoms with Gasteiger partial charge in [-0.2, -0.15) is 0 Å². The molecule has 3 amide bonds. The molecule has 3 aromatic rings. The third-order valence-corrected chi connectivity index (χ3v) is 11.5. The van der Waals surface area contributed by atoms with Crippen LogP contribution in [0.15, 0.2) is 78.9 Å². The van der Waals surface area contributed by atoms with Gasteiger partial charge in [-0.3, -0.25) is 19.2 Å². The minimum atomic E-state index is -1.35. The molecule has 0 aliphatic heterocycles. The summed E-state index contributed by atoms with van der Waals surface area (Å²) < 4.78 is 23.4. The smallest absolute Gasteiger partial charge is 0.333 e. The van der Waals surface area contributed by atoms with E-state index in [0.717, 1.165) is 31.2 Å². The standard InChI is InChI=1S/C48H60N4O9/c1-9-31-26-48(31,45(57)61-47(5,6)7)52-43(55)36-23-33(60-39-25-37(30-18-14-11-15-19-30)50-38-24-32(58-8)20-21-34(38)39)22-35(36)42(54)51-41(46(2,3)4)44(56)49-27-40(53)59-28-29-16-12-10-13-17-29/h9,11,14-15,18-22,24-25,29,31,33,36,41H,1,10,12-13,16-17,23,26-28H2,2-8H3,(H,49,56)(H,51,54)(H,52,55)/t31-,33-,36+,41-,48+/m1/s1. The van der Waals surface area contributed by atoms with Crippen LogP contribution >= 0.6 is 0 Å². The third kappa shape index (κ3) is 11.0. The second kappa shape index (κ2) is 18.5. The number of carbonyl (C=O) groups is 5. The van der Waals surface area contributed by atoms with Crippen molar-refractivity contribution in [2.75, 3.05) is 20.3 Å². The molecule has 2 saturated carbocycles. The van der Waals surface area contributed by atoms with Gasteiger partial charge >= 0.3 is 11.9 Å². The van der Waals surface area contributed by atoms with Gasteiger partial charge in [-0.25, -0.2) is 9.78 Å². The van der Waals surface area contributed by atoms with Crippen molar-refractivity contribution in [3.8, 4) is 22.8 Å². The quantitative estimate of drug-likeness (QED) is 0.110. The zero-order valence-electron chi connectivity index (χ0n) is 36.4. The van der Waals surface area contributed by atoms with Crippen LogP contribution < -0.4 is 25.4 Å². The molecular weight excluding hydrogens is 777 g/mol. The summed E-state index contributed by atoms with van der Waals surface area (Å²) in [6.45, 7) is 14.4. The maximum atomic E-state index is 14.5. The first kappa shape index (κ1) is 44.8. The molecule has 3 aliphatic carbocycles. The number of esters is 2. The van der Waals surface area contributed by atoms with Gasteiger partial charge in [-0.05, 0) is 69.6 Å². The molecule has 1 aromatic heterocycles. The van der Waals surface area contributed by atoms with Crippen LogP contribution in [0.5, 0.6) is 11.5 Å². The van der Waals surface area contributed by atoms with Crippen LogP contribution in [0.1, 0.15) is 86.5 Å². The Hall–Kier alpha value is -5.72. The molecule has 5 atom stereocenters. The molecule has 0 spiro atoms. The molecule has 2 fully saturated rings. The molecule has 2 aromatic carbocycles. The van der Waals surface area contributed by atoms with Crippen LogP contribution in [-0.4, -0.2) is 78.2 Å². The summed E-state index contributed by atoms with van der Waals surface area (Å²) in [4.78, 5) is 73.7. The first-order chi connectivity index (χ1) is 28.9. The molecule has 326 valence electrons. The maximum absolute atomic E-state index is 14.5. The maximum Gasteiger partial charge on any atom is 0.333 e. The molecule has 6 rings (SSSR count). The first-order valence-corrected chi connectivity index (χ1v) is 21.3. The van der Waals surface area contributed by atoms with E-state index in [0.29, 0.717) is 47.0 Å². The van der Waals surface area contributed by atoms with Crippen LogP contribution in [0.2, 0.25) is 0 Å². The molecule has 13 heteroatoms. The summed E-state index contributed by atoms with van der Waals surface area (Å²) in [6, 6.07) is 15.8. The predicted octanol–water partition coefficient (Wildman–Crippen LogP) is 6.78. The summed E-state index contributed by atoms with van der Waals surface area (Å²) in [5, 5.41) is 9.13. The first-order valence-electron chi connectivity index (χ1n) is 21.3. The SMILES string of the molecule is C=C[C@@H]1C[C@@]1(NC(=O)[C@H]1C[C@H](Oc2cc(-c3ccccc3)nc3cc(OC)ccc23)C=C1C(=O)N[C@H](C(=O)NCC(=O)OCC1CCCCC1)C(C)(C)C)C(=O)OC(C)(C)C. The number of amides is 3. The van der Waals surface area contributed by atoms with Crippen molar-refractivity contribution >= 4 is 40.6 Å². The number of pyridine rings is 1. The van der Waals surface area contributed by atoms with E-state index in [1.54, 1.807) is 66.9 Å². The Kier molecular flexibility index (Phi) is 13.6.